The number of hydrogen-bond donors (Lipinski definition) is 1. The first-order valence-electron chi connectivity index (χ1n) is 12.8. The molecule has 0 aliphatic heterocycles. The van der Waals surface area contributed by atoms with E-state index in [9.17, 15) is 9.90 Å². The molecule has 0 amide bonds. The first-order chi connectivity index (χ1) is 17.4. The summed E-state index contributed by atoms with van der Waals surface area (Å²) in [5, 5.41) is 10.0. The number of ether oxygens (including phenoxy) is 1. The van der Waals surface area contributed by atoms with E-state index in [-0.39, 0.29) is 5.56 Å². The number of carboxylic acid groups (broad SMARTS) is 1. The average molecular weight is 489 g/mol. The first-order valence-corrected chi connectivity index (χ1v) is 12.8. The Labute approximate surface area is 215 Å². The number of aryl methyl sites for hydroxylation is 1. The molecule has 0 fully saturated rings. The van der Waals surface area contributed by atoms with Crippen LogP contribution in [0.5, 0.6) is 0 Å². The van der Waals surface area contributed by atoms with Crippen molar-refractivity contribution >= 4 is 22.9 Å². The maximum atomic E-state index is 12.2. The maximum Gasteiger partial charge on any atom is 0.337 e. The van der Waals surface area contributed by atoms with Gasteiger partial charge in [0.05, 0.1) is 23.9 Å². The van der Waals surface area contributed by atoms with Crippen LogP contribution in [0.2, 0.25) is 0 Å². The van der Waals surface area contributed by atoms with Gasteiger partial charge in [0.1, 0.15) is 18.8 Å². The zero-order valence-electron chi connectivity index (χ0n) is 22.3. The Balaban J connectivity index is 2.37. The lowest BCUT2D eigenvalue weighted by molar-refractivity contribution is -0.519. The van der Waals surface area contributed by atoms with Crippen LogP contribution in [-0.4, -0.2) is 59.1 Å². The quantitative estimate of drug-likeness (QED) is 0.433. The lowest BCUT2D eigenvalue weighted by atomic mass is 9.88. The molecule has 1 aliphatic rings. The molecule has 0 atom stereocenters. The summed E-state index contributed by atoms with van der Waals surface area (Å²) in [5.74, 6) is -0.295. The summed E-state index contributed by atoms with van der Waals surface area (Å²) in [6.07, 6.45) is 7.81. The van der Waals surface area contributed by atoms with E-state index in [0.29, 0.717) is 18.1 Å². The van der Waals surface area contributed by atoms with Crippen LogP contribution >= 0.6 is 0 Å². The fourth-order valence-electron chi connectivity index (χ4n) is 4.67. The monoisotopic (exact) mass is 488 g/mol. The Morgan fingerprint density at radius 2 is 1.75 bits per heavy atom. The van der Waals surface area contributed by atoms with Crippen LogP contribution in [0.3, 0.4) is 0 Å². The standard InChI is InChI=1S/C30H37N3O3/c1-7-32(8-2)22-14-16-24(21(6)19-22)28(29-26(30(34)35)13-12-18-31-29)25-17-15-23(33(9-3)10-4)20-27(25)36-11-5/h12-20H,7-11H2,1-6H3/p+1. The zero-order chi connectivity index (χ0) is 26.2. The van der Waals surface area contributed by atoms with Crippen LogP contribution in [0.25, 0.3) is 5.57 Å². The number of benzene rings is 1. The van der Waals surface area contributed by atoms with Crippen molar-refractivity contribution in [2.45, 2.75) is 41.5 Å². The predicted octanol–water partition coefficient (Wildman–Crippen LogP) is 5.72. The number of nitrogens with zero attached hydrogens (tertiary/aromatic N) is 3. The van der Waals surface area contributed by atoms with E-state index in [2.05, 4.69) is 79.4 Å². The van der Waals surface area contributed by atoms with Gasteiger partial charge in [0.15, 0.2) is 0 Å². The maximum absolute atomic E-state index is 12.2. The number of allylic oxidation sites excluding steroid dienone is 3. The highest BCUT2D eigenvalue weighted by Crippen LogP contribution is 2.36. The number of anilines is 1. The van der Waals surface area contributed by atoms with E-state index in [4.69, 9.17) is 4.74 Å². The number of pyridine rings is 1. The molecule has 0 saturated heterocycles. The van der Waals surface area contributed by atoms with E-state index < -0.39 is 5.97 Å². The molecule has 190 valence electrons. The van der Waals surface area contributed by atoms with Crippen molar-refractivity contribution in [3.63, 3.8) is 0 Å². The lowest BCUT2D eigenvalue weighted by Gasteiger charge is -2.24. The summed E-state index contributed by atoms with van der Waals surface area (Å²) in [7, 11) is 0. The number of aromatic nitrogens is 1. The molecule has 1 N–H and O–H groups in total. The fraction of sp³-hybridized carbons (Fsp3) is 0.367. The first kappa shape index (κ1) is 26.9. The van der Waals surface area contributed by atoms with E-state index in [1.54, 1.807) is 18.3 Å². The van der Waals surface area contributed by atoms with Crippen LogP contribution in [0.15, 0.2) is 66.1 Å². The van der Waals surface area contributed by atoms with Crippen molar-refractivity contribution < 1.29 is 19.2 Å². The second-order valence-corrected chi connectivity index (χ2v) is 8.54. The van der Waals surface area contributed by atoms with Gasteiger partial charge in [-0.2, -0.15) is 0 Å². The molecule has 1 aromatic heterocycles. The summed E-state index contributed by atoms with van der Waals surface area (Å²) in [5.41, 5.74) is 6.37. The van der Waals surface area contributed by atoms with E-state index in [1.807, 2.05) is 13.0 Å². The molecule has 6 heteroatoms. The van der Waals surface area contributed by atoms with Crippen molar-refractivity contribution in [1.82, 2.24) is 4.98 Å². The molecule has 1 heterocycles. The average Bonchev–Trinajstić information content (AvgIpc) is 2.88. The van der Waals surface area contributed by atoms with E-state index >= 15 is 0 Å². The zero-order valence-corrected chi connectivity index (χ0v) is 22.3. The van der Waals surface area contributed by atoms with Crippen LogP contribution in [-0.2, 0) is 4.74 Å². The molecular formula is C30H38N3O3+. The minimum Gasteiger partial charge on any atom is -0.493 e. The second kappa shape index (κ2) is 12.3. The van der Waals surface area contributed by atoms with Gasteiger partial charge in [0.25, 0.3) is 0 Å². The topological polar surface area (TPSA) is 65.7 Å². The van der Waals surface area contributed by atoms with Crippen LogP contribution in [0.1, 0.15) is 61.8 Å². The van der Waals surface area contributed by atoms with E-state index in [0.717, 1.165) is 59.9 Å². The number of carbonyl (C=O) groups is 1. The largest absolute Gasteiger partial charge is 0.493 e. The van der Waals surface area contributed by atoms with Crippen molar-refractivity contribution in [3.8, 4) is 0 Å². The highest BCUT2D eigenvalue weighted by atomic mass is 16.5. The lowest BCUT2D eigenvalue weighted by Crippen LogP contribution is -2.22. The van der Waals surface area contributed by atoms with Gasteiger partial charge in [-0.3, -0.25) is 4.98 Å². The Kier molecular flexibility index (Phi) is 9.23. The molecule has 1 aromatic carbocycles. The minimum atomic E-state index is -1.01. The van der Waals surface area contributed by atoms with E-state index in [1.165, 1.54) is 0 Å². The highest BCUT2D eigenvalue weighted by Gasteiger charge is 2.26. The summed E-state index contributed by atoms with van der Waals surface area (Å²) < 4.78 is 8.41. The van der Waals surface area contributed by atoms with Gasteiger partial charge in [-0.05, 0) is 83.0 Å². The van der Waals surface area contributed by atoms with Crippen LogP contribution < -0.4 is 4.90 Å². The molecule has 1 aliphatic carbocycles. The van der Waals surface area contributed by atoms with Crippen LogP contribution in [0, 0.1) is 6.92 Å². The van der Waals surface area contributed by atoms with Gasteiger partial charge >= 0.3 is 5.97 Å². The van der Waals surface area contributed by atoms with Crippen molar-refractivity contribution in [1.29, 1.82) is 0 Å². The number of hydrogen-bond acceptors (Lipinski definition) is 4. The molecular weight excluding hydrogens is 450 g/mol. The molecule has 3 rings (SSSR count). The third kappa shape index (κ3) is 5.59. The SMILES string of the molecule is CCOC1=CC(=[N+](CC)CC)C=C/C1=C(\c1ccc(N(CC)CC)cc1C)c1ncccc1C(=O)O. The van der Waals surface area contributed by atoms with Gasteiger partial charge in [-0.15, -0.1) is 0 Å². The van der Waals surface area contributed by atoms with Gasteiger partial charge in [0.2, 0.25) is 5.71 Å². The van der Waals surface area contributed by atoms with Crippen LogP contribution in [0.4, 0.5) is 5.69 Å². The van der Waals surface area contributed by atoms with Crippen molar-refractivity contribution in [3.05, 3.63) is 88.5 Å². The molecule has 0 saturated carbocycles. The number of rotatable bonds is 10. The van der Waals surface area contributed by atoms with Gasteiger partial charge in [0, 0.05) is 42.2 Å². The molecule has 2 aromatic rings. The molecule has 0 unspecified atom stereocenters. The normalized spacial score (nSPS) is 14.4. The summed E-state index contributed by atoms with van der Waals surface area (Å²) in [6, 6.07) is 9.61. The summed E-state index contributed by atoms with van der Waals surface area (Å²) >= 11 is 0. The molecule has 0 bridgehead atoms. The van der Waals surface area contributed by atoms with Crippen molar-refractivity contribution in [2.75, 3.05) is 37.7 Å². The number of carboxylic acids is 1. The summed E-state index contributed by atoms with van der Waals surface area (Å²) in [4.78, 5) is 19.1. The molecule has 6 nitrogen and oxygen atoms in total. The molecule has 36 heavy (non-hydrogen) atoms. The minimum absolute atomic E-state index is 0.162. The number of aromatic carboxylic acids is 1. The smallest absolute Gasteiger partial charge is 0.337 e. The predicted molar refractivity (Wildman–Crippen MR) is 147 cm³/mol. The summed E-state index contributed by atoms with van der Waals surface area (Å²) in [6.45, 7) is 16.7. The van der Waals surface area contributed by atoms with Crippen molar-refractivity contribution in [2.24, 2.45) is 0 Å². The van der Waals surface area contributed by atoms with Gasteiger partial charge < -0.3 is 14.7 Å². The Hall–Kier alpha value is -3.67. The fourth-order valence-corrected chi connectivity index (χ4v) is 4.67. The van der Waals surface area contributed by atoms with Gasteiger partial charge in [-0.1, -0.05) is 6.07 Å². The Morgan fingerprint density at radius 1 is 1.03 bits per heavy atom. The highest BCUT2D eigenvalue weighted by molar-refractivity contribution is 6.05. The second-order valence-electron chi connectivity index (χ2n) is 8.54. The molecule has 0 spiro atoms. The molecule has 0 radical (unpaired) electrons. The van der Waals surface area contributed by atoms with Gasteiger partial charge in [-0.25, -0.2) is 9.37 Å². The Morgan fingerprint density at radius 3 is 2.33 bits per heavy atom. The third-order valence-corrected chi connectivity index (χ3v) is 6.55. The third-order valence-electron chi connectivity index (χ3n) is 6.55. The Bertz CT molecular complexity index is 1230.